The average molecular weight is 308 g/mol. The number of hydrogen-bond donors (Lipinski definition) is 0. The molecule has 0 atom stereocenters. The van der Waals surface area contributed by atoms with Crippen molar-refractivity contribution in [2.75, 3.05) is 0 Å². The molecule has 0 spiro atoms. The minimum Gasteiger partial charge on any atom is -0.254 e. The molecule has 20 heavy (non-hydrogen) atoms. The van der Waals surface area contributed by atoms with Gasteiger partial charge in [-0.25, -0.2) is 4.68 Å². The van der Waals surface area contributed by atoms with Crippen LogP contribution in [-0.2, 0) is 7.05 Å². The Balaban J connectivity index is 1.95. The van der Waals surface area contributed by atoms with Gasteiger partial charge in [-0.2, -0.15) is 5.10 Å². The van der Waals surface area contributed by atoms with E-state index in [4.69, 9.17) is 16.6 Å². The predicted octanol–water partition coefficient (Wildman–Crippen LogP) is 4.04. The van der Waals surface area contributed by atoms with E-state index in [2.05, 4.69) is 5.10 Å². The fourth-order valence-corrected chi connectivity index (χ4v) is 3.85. The lowest BCUT2D eigenvalue weighted by Gasteiger charge is -2.16. The summed E-state index contributed by atoms with van der Waals surface area (Å²) < 4.78 is 1.87. The second-order valence-corrected chi connectivity index (χ2v) is 6.58. The third kappa shape index (κ3) is 2.96. The van der Waals surface area contributed by atoms with Crippen LogP contribution < -0.4 is 4.80 Å². The molecule has 2 aromatic rings. The molecule has 1 aliphatic carbocycles. The molecule has 106 valence electrons. The van der Waals surface area contributed by atoms with Crippen molar-refractivity contribution in [2.24, 2.45) is 12.0 Å². The zero-order valence-corrected chi connectivity index (χ0v) is 13.1. The molecule has 1 fully saturated rings. The van der Waals surface area contributed by atoms with Crippen molar-refractivity contribution in [1.82, 2.24) is 9.78 Å². The monoisotopic (exact) mass is 307 g/mol. The van der Waals surface area contributed by atoms with Gasteiger partial charge in [0.1, 0.15) is 5.01 Å². The molecule has 0 saturated heterocycles. The van der Waals surface area contributed by atoms with Crippen LogP contribution in [0.2, 0.25) is 5.02 Å². The van der Waals surface area contributed by atoms with Gasteiger partial charge in [-0.15, -0.1) is 0 Å². The molecule has 0 N–H and O–H groups in total. The summed E-state index contributed by atoms with van der Waals surface area (Å²) >= 11 is 7.86. The molecule has 1 aromatic carbocycles. The predicted molar refractivity (Wildman–Crippen MR) is 84.0 cm³/mol. The zero-order valence-electron chi connectivity index (χ0n) is 11.6. The van der Waals surface area contributed by atoms with Crippen molar-refractivity contribution >= 4 is 22.9 Å². The maximum absolute atomic E-state index is 6.24. The van der Waals surface area contributed by atoms with Crippen molar-refractivity contribution in [2.45, 2.75) is 38.1 Å². The molecule has 3 nitrogen and oxygen atoms in total. The van der Waals surface area contributed by atoms with Gasteiger partial charge >= 0.3 is 0 Å². The van der Waals surface area contributed by atoms with Crippen molar-refractivity contribution in [3.05, 3.63) is 34.1 Å². The minimum absolute atomic E-state index is 0.467. The van der Waals surface area contributed by atoms with Gasteiger partial charge in [-0.1, -0.05) is 60.4 Å². The van der Waals surface area contributed by atoms with E-state index in [-0.39, 0.29) is 0 Å². The minimum atomic E-state index is 0.467. The van der Waals surface area contributed by atoms with Crippen molar-refractivity contribution in [3.8, 4) is 10.6 Å². The van der Waals surface area contributed by atoms with Crippen LogP contribution in [0.5, 0.6) is 0 Å². The summed E-state index contributed by atoms with van der Waals surface area (Å²) in [6, 6.07) is 8.30. The lowest BCUT2D eigenvalue weighted by molar-refractivity contribution is 0.434. The number of hydrogen-bond acceptors (Lipinski definition) is 3. The van der Waals surface area contributed by atoms with Gasteiger partial charge in [0.05, 0.1) is 11.1 Å². The van der Waals surface area contributed by atoms with Crippen LogP contribution >= 0.6 is 22.9 Å². The Morgan fingerprint density at radius 3 is 2.75 bits per heavy atom. The smallest absolute Gasteiger partial charge is 0.203 e. The largest absolute Gasteiger partial charge is 0.254 e. The van der Waals surface area contributed by atoms with Crippen LogP contribution in [0.15, 0.2) is 29.3 Å². The normalized spacial score (nSPS) is 17.6. The lowest BCUT2D eigenvalue weighted by atomic mass is 9.96. The first kappa shape index (κ1) is 13.8. The van der Waals surface area contributed by atoms with E-state index in [9.17, 15) is 0 Å². The SMILES string of the molecule is Cn1nc(-c2ccccc2Cl)s/c1=N/C1CCCCC1. The molecular weight excluding hydrogens is 290 g/mol. The van der Waals surface area contributed by atoms with E-state index in [0.29, 0.717) is 6.04 Å². The molecule has 1 aromatic heterocycles. The fourth-order valence-electron chi connectivity index (χ4n) is 2.57. The molecular formula is C15H18ClN3S. The van der Waals surface area contributed by atoms with Crippen LogP contribution in [0.1, 0.15) is 32.1 Å². The van der Waals surface area contributed by atoms with Gasteiger partial charge in [0.2, 0.25) is 4.80 Å². The maximum atomic E-state index is 6.24. The third-order valence-corrected chi connectivity index (χ3v) is 5.05. The molecule has 0 amide bonds. The van der Waals surface area contributed by atoms with Gasteiger partial charge in [-0.05, 0) is 18.9 Å². The van der Waals surface area contributed by atoms with E-state index in [1.165, 1.54) is 32.1 Å². The summed E-state index contributed by atoms with van der Waals surface area (Å²) in [5.74, 6) is 0. The van der Waals surface area contributed by atoms with Crippen molar-refractivity contribution < 1.29 is 0 Å². The zero-order chi connectivity index (χ0) is 13.9. The topological polar surface area (TPSA) is 30.2 Å². The summed E-state index contributed by atoms with van der Waals surface area (Å²) in [5.41, 5.74) is 0.986. The van der Waals surface area contributed by atoms with E-state index >= 15 is 0 Å². The van der Waals surface area contributed by atoms with Gasteiger partial charge in [-0.3, -0.25) is 4.99 Å². The number of aryl methyl sites for hydroxylation is 1. The molecule has 0 bridgehead atoms. The Morgan fingerprint density at radius 1 is 1.25 bits per heavy atom. The van der Waals surface area contributed by atoms with Gasteiger partial charge in [0, 0.05) is 12.6 Å². The Hall–Kier alpha value is -1.13. The quantitative estimate of drug-likeness (QED) is 0.823. The Labute approximate surface area is 127 Å². The number of halogens is 1. The van der Waals surface area contributed by atoms with E-state index in [0.717, 1.165) is 20.4 Å². The average Bonchev–Trinajstić information content (AvgIpc) is 2.81. The van der Waals surface area contributed by atoms with Crippen LogP contribution in [0.4, 0.5) is 0 Å². The van der Waals surface area contributed by atoms with Gasteiger partial charge in [0.25, 0.3) is 0 Å². The summed E-state index contributed by atoms with van der Waals surface area (Å²) in [4.78, 5) is 5.86. The second kappa shape index (κ2) is 6.10. The van der Waals surface area contributed by atoms with E-state index in [1.807, 2.05) is 36.0 Å². The molecule has 1 saturated carbocycles. The first-order valence-electron chi connectivity index (χ1n) is 7.07. The number of aromatic nitrogens is 2. The number of nitrogens with zero attached hydrogens (tertiary/aromatic N) is 3. The highest BCUT2D eigenvalue weighted by Crippen LogP contribution is 2.27. The molecule has 0 aliphatic heterocycles. The highest BCUT2D eigenvalue weighted by Gasteiger charge is 2.13. The van der Waals surface area contributed by atoms with Crippen LogP contribution in [0, 0.1) is 0 Å². The molecule has 1 aliphatic rings. The lowest BCUT2D eigenvalue weighted by Crippen LogP contribution is -2.18. The number of rotatable bonds is 2. The van der Waals surface area contributed by atoms with E-state index in [1.54, 1.807) is 11.3 Å². The van der Waals surface area contributed by atoms with Crippen molar-refractivity contribution in [3.63, 3.8) is 0 Å². The molecule has 1 heterocycles. The first-order valence-corrected chi connectivity index (χ1v) is 8.26. The molecule has 0 radical (unpaired) electrons. The summed E-state index contributed by atoms with van der Waals surface area (Å²) in [6.07, 6.45) is 6.37. The number of benzene rings is 1. The Kier molecular flexibility index (Phi) is 4.22. The maximum Gasteiger partial charge on any atom is 0.203 e. The molecule has 3 rings (SSSR count). The van der Waals surface area contributed by atoms with Crippen LogP contribution in [0.25, 0.3) is 10.6 Å². The third-order valence-electron chi connectivity index (χ3n) is 3.68. The fraction of sp³-hybridized carbons (Fsp3) is 0.467. The van der Waals surface area contributed by atoms with E-state index < -0.39 is 0 Å². The second-order valence-electron chi connectivity index (χ2n) is 5.21. The molecule has 5 heteroatoms. The highest BCUT2D eigenvalue weighted by atomic mass is 35.5. The summed E-state index contributed by atoms with van der Waals surface area (Å²) in [5, 5.41) is 6.24. The van der Waals surface area contributed by atoms with Gasteiger partial charge in [0.15, 0.2) is 0 Å². The van der Waals surface area contributed by atoms with Crippen LogP contribution in [0.3, 0.4) is 0 Å². The van der Waals surface area contributed by atoms with Crippen LogP contribution in [-0.4, -0.2) is 15.8 Å². The summed E-state index contributed by atoms with van der Waals surface area (Å²) in [6.45, 7) is 0. The Morgan fingerprint density at radius 2 is 2.00 bits per heavy atom. The van der Waals surface area contributed by atoms with Gasteiger partial charge < -0.3 is 0 Å². The standard InChI is InChI=1S/C15H18ClN3S/c1-19-15(17-11-7-3-2-4-8-11)20-14(18-19)12-9-5-6-10-13(12)16/h5-6,9-11H,2-4,7-8H2,1H3/b17-15+. The molecule has 0 unspecified atom stereocenters. The first-order chi connectivity index (χ1) is 9.74. The summed E-state index contributed by atoms with van der Waals surface area (Å²) in [7, 11) is 1.96. The van der Waals surface area contributed by atoms with Crippen molar-refractivity contribution in [1.29, 1.82) is 0 Å². The Bertz CT molecular complexity index is 653. The highest BCUT2D eigenvalue weighted by molar-refractivity contribution is 7.12.